The van der Waals surface area contributed by atoms with E-state index >= 15 is 0 Å². The van der Waals surface area contributed by atoms with Crippen LogP contribution < -0.4 is 10.6 Å². The molecule has 0 unspecified atom stereocenters. The van der Waals surface area contributed by atoms with E-state index in [1.54, 1.807) is 25.1 Å². The quantitative estimate of drug-likeness (QED) is 0.741. The van der Waals surface area contributed by atoms with Crippen molar-refractivity contribution in [1.29, 1.82) is 0 Å². The fourth-order valence-corrected chi connectivity index (χ4v) is 2.10. The fraction of sp³-hybridized carbons (Fsp3) is 0.278. The summed E-state index contributed by atoms with van der Waals surface area (Å²) >= 11 is 0. The number of furan rings is 1. The summed E-state index contributed by atoms with van der Waals surface area (Å²) < 4.78 is 5.66. The van der Waals surface area contributed by atoms with Gasteiger partial charge >= 0.3 is 11.9 Å². The van der Waals surface area contributed by atoms with Crippen LogP contribution in [0.1, 0.15) is 42.6 Å². The lowest BCUT2D eigenvalue weighted by Crippen LogP contribution is -2.21. The van der Waals surface area contributed by atoms with Gasteiger partial charge in [-0.1, -0.05) is 20.8 Å². The van der Waals surface area contributed by atoms with Crippen LogP contribution in [0.3, 0.4) is 0 Å². The van der Waals surface area contributed by atoms with Crippen LogP contribution in [0.25, 0.3) is 0 Å². The SMILES string of the molecule is Cc1oc(C(C)(C)C)cc1C(=O)Nc1ccc(NC(=O)C(=O)O)cc1. The Kier molecular flexibility index (Phi) is 4.97. The van der Waals surface area contributed by atoms with E-state index in [2.05, 4.69) is 10.6 Å². The molecule has 25 heavy (non-hydrogen) atoms. The summed E-state index contributed by atoms with van der Waals surface area (Å²) in [4.78, 5) is 34.0. The van der Waals surface area contributed by atoms with Crippen molar-refractivity contribution in [2.24, 2.45) is 0 Å². The van der Waals surface area contributed by atoms with Crippen LogP contribution in [-0.4, -0.2) is 22.9 Å². The van der Waals surface area contributed by atoms with E-state index in [4.69, 9.17) is 9.52 Å². The molecule has 0 aliphatic carbocycles. The molecule has 0 spiro atoms. The summed E-state index contributed by atoms with van der Waals surface area (Å²) in [6, 6.07) is 7.86. The Morgan fingerprint density at radius 1 is 1.00 bits per heavy atom. The minimum atomic E-state index is -1.57. The molecule has 2 rings (SSSR count). The molecule has 1 aromatic heterocycles. The maximum atomic E-state index is 12.4. The Morgan fingerprint density at radius 3 is 1.96 bits per heavy atom. The van der Waals surface area contributed by atoms with Gasteiger partial charge in [-0.3, -0.25) is 9.59 Å². The van der Waals surface area contributed by atoms with Crippen molar-refractivity contribution in [2.75, 3.05) is 10.6 Å². The van der Waals surface area contributed by atoms with Crippen LogP contribution in [0.4, 0.5) is 11.4 Å². The van der Waals surface area contributed by atoms with Crippen LogP contribution in [-0.2, 0) is 15.0 Å². The number of hydrogen-bond donors (Lipinski definition) is 3. The largest absolute Gasteiger partial charge is 0.474 e. The first kappa shape index (κ1) is 18.3. The van der Waals surface area contributed by atoms with E-state index < -0.39 is 11.9 Å². The Hall–Kier alpha value is -3.09. The van der Waals surface area contributed by atoms with E-state index in [1.807, 2.05) is 20.8 Å². The number of carbonyl (C=O) groups excluding carboxylic acids is 2. The molecule has 1 aromatic carbocycles. The molecule has 2 amide bonds. The number of carboxylic acids is 1. The highest BCUT2D eigenvalue weighted by atomic mass is 16.4. The van der Waals surface area contributed by atoms with Crippen molar-refractivity contribution < 1.29 is 23.9 Å². The summed E-state index contributed by atoms with van der Waals surface area (Å²) in [7, 11) is 0. The van der Waals surface area contributed by atoms with Crippen LogP contribution in [0, 0.1) is 6.92 Å². The van der Waals surface area contributed by atoms with Gasteiger partial charge in [-0.15, -0.1) is 0 Å². The molecule has 2 aromatic rings. The van der Waals surface area contributed by atoms with Crippen LogP contribution in [0.15, 0.2) is 34.7 Å². The van der Waals surface area contributed by atoms with Gasteiger partial charge in [0.15, 0.2) is 0 Å². The monoisotopic (exact) mass is 344 g/mol. The number of anilines is 2. The molecule has 0 fully saturated rings. The predicted molar refractivity (Wildman–Crippen MR) is 92.8 cm³/mol. The zero-order chi connectivity index (χ0) is 18.8. The molecule has 0 atom stereocenters. The molecule has 0 bridgehead atoms. The number of amides is 2. The Morgan fingerprint density at radius 2 is 1.52 bits per heavy atom. The molecular formula is C18H20N2O5. The lowest BCUT2D eigenvalue weighted by molar-refractivity contribution is -0.147. The highest BCUT2D eigenvalue weighted by Gasteiger charge is 2.23. The molecular weight excluding hydrogens is 324 g/mol. The van der Waals surface area contributed by atoms with Crippen LogP contribution in [0.5, 0.6) is 0 Å². The van der Waals surface area contributed by atoms with E-state index in [0.29, 0.717) is 22.7 Å². The highest BCUT2D eigenvalue weighted by molar-refractivity contribution is 6.36. The maximum Gasteiger partial charge on any atom is 0.394 e. The van der Waals surface area contributed by atoms with Gasteiger partial charge in [0.1, 0.15) is 11.5 Å². The van der Waals surface area contributed by atoms with Crippen molar-refractivity contribution in [1.82, 2.24) is 0 Å². The number of hydrogen-bond acceptors (Lipinski definition) is 4. The summed E-state index contributed by atoms with van der Waals surface area (Å²) in [6.45, 7) is 7.72. The topological polar surface area (TPSA) is 109 Å². The first-order chi connectivity index (χ1) is 11.6. The molecule has 0 saturated carbocycles. The fourth-order valence-electron chi connectivity index (χ4n) is 2.10. The zero-order valence-corrected chi connectivity index (χ0v) is 14.5. The average molecular weight is 344 g/mol. The molecule has 0 aliphatic rings. The summed E-state index contributed by atoms with van der Waals surface area (Å²) in [5.41, 5.74) is 1.08. The number of carbonyl (C=O) groups is 3. The molecule has 0 aliphatic heterocycles. The van der Waals surface area contributed by atoms with Gasteiger partial charge in [0, 0.05) is 16.8 Å². The minimum Gasteiger partial charge on any atom is -0.474 e. The number of aliphatic carboxylic acids is 1. The molecule has 3 N–H and O–H groups in total. The van der Waals surface area contributed by atoms with E-state index in [1.165, 1.54) is 12.1 Å². The molecule has 0 radical (unpaired) electrons. The standard InChI is InChI=1S/C18H20N2O5/c1-10-13(9-14(25-10)18(2,3)4)15(21)19-11-5-7-12(8-6-11)20-16(22)17(23)24/h5-9H,1-4H3,(H,19,21)(H,20,22)(H,23,24). The average Bonchev–Trinajstić information content (AvgIpc) is 2.91. The van der Waals surface area contributed by atoms with E-state index in [0.717, 1.165) is 5.76 Å². The molecule has 0 saturated heterocycles. The maximum absolute atomic E-state index is 12.4. The van der Waals surface area contributed by atoms with E-state index in [9.17, 15) is 14.4 Å². The van der Waals surface area contributed by atoms with Gasteiger partial charge in [-0.2, -0.15) is 0 Å². The predicted octanol–water partition coefficient (Wildman–Crippen LogP) is 3.16. The number of rotatable bonds is 3. The first-order valence-corrected chi connectivity index (χ1v) is 7.64. The highest BCUT2D eigenvalue weighted by Crippen LogP contribution is 2.27. The Bertz CT molecular complexity index is 813. The van der Waals surface area contributed by atoms with Gasteiger partial charge in [-0.25, -0.2) is 4.79 Å². The van der Waals surface area contributed by atoms with E-state index in [-0.39, 0.29) is 11.3 Å². The van der Waals surface area contributed by atoms with Gasteiger partial charge in [-0.05, 0) is 37.3 Å². The van der Waals surface area contributed by atoms with Gasteiger partial charge in [0.2, 0.25) is 0 Å². The molecule has 7 heteroatoms. The van der Waals surface area contributed by atoms with Crippen LogP contribution in [0.2, 0.25) is 0 Å². The Labute approximate surface area is 145 Å². The minimum absolute atomic E-state index is 0.201. The molecule has 132 valence electrons. The van der Waals surface area contributed by atoms with Gasteiger partial charge in [0.05, 0.1) is 5.56 Å². The second-order valence-electron chi connectivity index (χ2n) is 6.62. The van der Waals surface area contributed by atoms with Gasteiger partial charge < -0.3 is 20.2 Å². The van der Waals surface area contributed by atoms with Crippen molar-refractivity contribution in [3.8, 4) is 0 Å². The summed E-state index contributed by atoms with van der Waals surface area (Å²) in [5, 5.41) is 13.5. The second kappa shape index (κ2) is 6.80. The molecule has 1 heterocycles. The first-order valence-electron chi connectivity index (χ1n) is 7.64. The van der Waals surface area contributed by atoms with Crippen LogP contribution >= 0.6 is 0 Å². The molecule has 7 nitrogen and oxygen atoms in total. The number of carboxylic acid groups (broad SMARTS) is 1. The Balaban J connectivity index is 2.10. The van der Waals surface area contributed by atoms with Crippen molar-refractivity contribution in [3.05, 3.63) is 47.4 Å². The number of aryl methyl sites for hydroxylation is 1. The summed E-state index contributed by atoms with van der Waals surface area (Å²) in [6.07, 6.45) is 0. The lowest BCUT2D eigenvalue weighted by Gasteiger charge is -2.13. The van der Waals surface area contributed by atoms with Crippen molar-refractivity contribution in [2.45, 2.75) is 33.1 Å². The van der Waals surface area contributed by atoms with Crippen molar-refractivity contribution in [3.63, 3.8) is 0 Å². The zero-order valence-electron chi connectivity index (χ0n) is 14.5. The third kappa shape index (κ3) is 4.47. The normalized spacial score (nSPS) is 11.0. The second-order valence-corrected chi connectivity index (χ2v) is 6.62. The summed E-state index contributed by atoms with van der Waals surface area (Å²) in [5.74, 6) is -1.74. The third-order valence-corrected chi connectivity index (χ3v) is 3.50. The third-order valence-electron chi connectivity index (χ3n) is 3.50. The van der Waals surface area contributed by atoms with Crippen molar-refractivity contribution >= 4 is 29.2 Å². The smallest absolute Gasteiger partial charge is 0.394 e. The number of benzene rings is 1. The van der Waals surface area contributed by atoms with Gasteiger partial charge in [0.25, 0.3) is 5.91 Å². The lowest BCUT2D eigenvalue weighted by atomic mass is 9.93. The number of nitrogens with one attached hydrogen (secondary N) is 2.